The van der Waals surface area contributed by atoms with E-state index >= 15 is 0 Å². The molecule has 0 heterocycles. The van der Waals surface area contributed by atoms with E-state index < -0.39 is 59.4 Å². The topological polar surface area (TPSA) is 186 Å². The van der Waals surface area contributed by atoms with Crippen LogP contribution in [0.3, 0.4) is 0 Å². The Balaban J connectivity index is 3.87. The quantitative estimate of drug-likeness (QED) is 0.401. The van der Waals surface area contributed by atoms with Gasteiger partial charge in [-0.25, -0.2) is 0 Å². The van der Waals surface area contributed by atoms with E-state index in [2.05, 4.69) is 0 Å². The van der Waals surface area contributed by atoms with Crippen LogP contribution in [0.5, 0.6) is 0 Å². The van der Waals surface area contributed by atoms with Gasteiger partial charge in [0.25, 0.3) is 0 Å². The number of rotatable bonds is 5. The normalized spacial score (nSPS) is 23.0. The van der Waals surface area contributed by atoms with E-state index in [-0.39, 0.29) is 6.42 Å². The Kier molecular flexibility index (Phi) is 3.93. The maximum atomic E-state index is 11.5. The first-order chi connectivity index (χ1) is 9.56. The van der Waals surface area contributed by atoms with Gasteiger partial charge in [-0.2, -0.15) is 0 Å². The van der Waals surface area contributed by atoms with Crippen molar-refractivity contribution in [3.63, 3.8) is 0 Å². The van der Waals surface area contributed by atoms with Crippen molar-refractivity contribution in [2.24, 2.45) is 16.7 Å². The molecule has 1 aliphatic carbocycles. The van der Waals surface area contributed by atoms with E-state index in [1.54, 1.807) is 0 Å². The Morgan fingerprint density at radius 1 is 0.762 bits per heavy atom. The smallest absolute Gasteiger partial charge is 0.323 e. The molecule has 116 valence electrons. The summed E-state index contributed by atoms with van der Waals surface area (Å²) in [4.78, 5) is 57.0. The zero-order valence-corrected chi connectivity index (χ0v) is 10.5. The Labute approximate surface area is 116 Å². The van der Waals surface area contributed by atoms with E-state index in [1.165, 1.54) is 0 Å². The van der Waals surface area contributed by atoms with Crippen LogP contribution >= 0.6 is 0 Å². The highest BCUT2D eigenvalue weighted by molar-refractivity contribution is 6.15. The van der Waals surface area contributed by atoms with E-state index in [1.807, 2.05) is 0 Å². The molecule has 0 aromatic heterocycles. The fourth-order valence-corrected chi connectivity index (χ4v) is 2.99. The molecular formula is C11H12O10. The fourth-order valence-electron chi connectivity index (χ4n) is 2.99. The average molecular weight is 304 g/mol. The van der Waals surface area contributed by atoms with Crippen LogP contribution in [-0.2, 0) is 24.0 Å². The van der Waals surface area contributed by atoms with Crippen LogP contribution in [0.25, 0.3) is 0 Å². The summed E-state index contributed by atoms with van der Waals surface area (Å²) < 4.78 is 0. The minimum Gasteiger partial charge on any atom is -0.481 e. The molecule has 1 aliphatic rings. The lowest BCUT2D eigenvalue weighted by Gasteiger charge is -2.45. The standard InChI is InChI=1S/C11H12O10/c12-5(13)4-2-1-3-10(6(14)15,7(16)17)11(4,8(18)19)9(20)21/h4H,1-3H2,(H,12,13)(H,14,15)(H,16,17)(H,18,19)(H,20,21). The van der Waals surface area contributed by atoms with E-state index in [9.17, 15) is 44.4 Å². The molecule has 1 rings (SSSR count). The predicted molar refractivity (Wildman–Crippen MR) is 60.4 cm³/mol. The molecule has 0 radical (unpaired) electrons. The van der Waals surface area contributed by atoms with Crippen LogP contribution in [0.2, 0.25) is 0 Å². The summed E-state index contributed by atoms with van der Waals surface area (Å²) >= 11 is 0. The second kappa shape index (κ2) is 5.04. The molecule has 1 fully saturated rings. The average Bonchev–Trinajstić information content (AvgIpc) is 2.35. The molecule has 0 amide bonds. The van der Waals surface area contributed by atoms with Crippen LogP contribution in [0, 0.1) is 16.7 Å². The van der Waals surface area contributed by atoms with Gasteiger partial charge in [-0.05, 0) is 12.8 Å². The maximum absolute atomic E-state index is 11.5. The molecule has 10 heteroatoms. The second-order valence-electron chi connectivity index (χ2n) is 4.72. The molecule has 0 aromatic carbocycles. The summed E-state index contributed by atoms with van der Waals surface area (Å²) in [7, 11) is 0. The summed E-state index contributed by atoms with van der Waals surface area (Å²) in [6.45, 7) is 0. The lowest BCUT2D eigenvalue weighted by atomic mass is 9.51. The number of hydrogen-bond donors (Lipinski definition) is 5. The van der Waals surface area contributed by atoms with E-state index in [4.69, 9.17) is 5.11 Å². The van der Waals surface area contributed by atoms with Gasteiger partial charge in [0.1, 0.15) is 0 Å². The van der Waals surface area contributed by atoms with Crippen LogP contribution in [0.15, 0.2) is 0 Å². The Morgan fingerprint density at radius 3 is 1.48 bits per heavy atom. The molecule has 10 nitrogen and oxygen atoms in total. The summed E-state index contributed by atoms with van der Waals surface area (Å²) in [5, 5.41) is 45.9. The monoisotopic (exact) mass is 304 g/mol. The third-order valence-electron chi connectivity index (χ3n) is 3.94. The number of aliphatic carboxylic acids is 5. The summed E-state index contributed by atoms with van der Waals surface area (Å²) in [6.07, 6.45) is -1.48. The first-order valence-corrected chi connectivity index (χ1v) is 5.73. The highest BCUT2D eigenvalue weighted by Crippen LogP contribution is 2.55. The van der Waals surface area contributed by atoms with Crippen LogP contribution in [-0.4, -0.2) is 55.4 Å². The van der Waals surface area contributed by atoms with Gasteiger partial charge in [0, 0.05) is 0 Å². The first kappa shape index (κ1) is 16.4. The van der Waals surface area contributed by atoms with Gasteiger partial charge in [-0.3, -0.25) is 24.0 Å². The minimum atomic E-state index is -3.49. The summed E-state index contributed by atoms with van der Waals surface area (Å²) in [5.74, 6) is -13.0. The van der Waals surface area contributed by atoms with E-state index in [0.717, 1.165) is 0 Å². The van der Waals surface area contributed by atoms with Crippen LogP contribution in [0.4, 0.5) is 0 Å². The lowest BCUT2D eigenvalue weighted by Crippen LogP contribution is -2.67. The Bertz CT molecular complexity index is 505. The number of carboxylic acids is 5. The predicted octanol–water partition coefficient (Wildman–Crippen LogP) is -0.818. The molecule has 0 aliphatic heterocycles. The second-order valence-corrected chi connectivity index (χ2v) is 4.72. The third-order valence-corrected chi connectivity index (χ3v) is 3.94. The largest absolute Gasteiger partial charge is 0.481 e. The fraction of sp³-hybridized carbons (Fsp3) is 0.545. The van der Waals surface area contributed by atoms with Crippen LogP contribution in [0.1, 0.15) is 19.3 Å². The van der Waals surface area contributed by atoms with Gasteiger partial charge >= 0.3 is 29.8 Å². The van der Waals surface area contributed by atoms with Gasteiger partial charge in [0.15, 0.2) is 5.41 Å². The SMILES string of the molecule is O=C(O)C1CCCC(C(=O)O)(C(=O)O)C1(C(=O)O)C(=O)O. The zero-order valence-electron chi connectivity index (χ0n) is 10.5. The minimum absolute atomic E-state index is 0.238. The van der Waals surface area contributed by atoms with Crippen molar-refractivity contribution in [3.05, 3.63) is 0 Å². The number of carbonyl (C=O) groups is 5. The molecular weight excluding hydrogens is 292 g/mol. The Hall–Kier alpha value is -2.65. The van der Waals surface area contributed by atoms with Crippen molar-refractivity contribution < 1.29 is 49.5 Å². The van der Waals surface area contributed by atoms with Gasteiger partial charge in [0.2, 0.25) is 5.41 Å². The van der Waals surface area contributed by atoms with Gasteiger partial charge < -0.3 is 25.5 Å². The van der Waals surface area contributed by atoms with Crippen molar-refractivity contribution in [3.8, 4) is 0 Å². The van der Waals surface area contributed by atoms with Crippen molar-refractivity contribution in [1.29, 1.82) is 0 Å². The molecule has 21 heavy (non-hydrogen) atoms. The van der Waals surface area contributed by atoms with Crippen molar-refractivity contribution in [1.82, 2.24) is 0 Å². The summed E-state index contributed by atoms with van der Waals surface area (Å²) in [5.41, 5.74) is -6.75. The summed E-state index contributed by atoms with van der Waals surface area (Å²) in [6, 6.07) is 0. The molecule has 1 atom stereocenters. The molecule has 0 bridgehead atoms. The molecule has 0 aromatic rings. The highest BCUT2D eigenvalue weighted by Gasteiger charge is 2.77. The van der Waals surface area contributed by atoms with Crippen LogP contribution < -0.4 is 0 Å². The first-order valence-electron chi connectivity index (χ1n) is 5.73. The molecule has 0 spiro atoms. The van der Waals surface area contributed by atoms with Crippen molar-refractivity contribution >= 4 is 29.8 Å². The van der Waals surface area contributed by atoms with Gasteiger partial charge in [-0.15, -0.1) is 0 Å². The lowest BCUT2D eigenvalue weighted by molar-refractivity contribution is -0.209. The Morgan fingerprint density at radius 2 is 1.19 bits per heavy atom. The third kappa shape index (κ3) is 1.82. The molecule has 5 N–H and O–H groups in total. The molecule has 1 saturated carbocycles. The maximum Gasteiger partial charge on any atom is 0.323 e. The number of hydrogen-bond acceptors (Lipinski definition) is 5. The van der Waals surface area contributed by atoms with E-state index in [0.29, 0.717) is 0 Å². The van der Waals surface area contributed by atoms with Gasteiger partial charge in [-0.1, -0.05) is 6.42 Å². The molecule has 1 unspecified atom stereocenters. The highest BCUT2D eigenvalue weighted by atomic mass is 16.4. The van der Waals surface area contributed by atoms with Gasteiger partial charge in [0.05, 0.1) is 5.92 Å². The zero-order chi connectivity index (χ0) is 16.6. The molecule has 0 saturated heterocycles. The van der Waals surface area contributed by atoms with Crippen molar-refractivity contribution in [2.75, 3.05) is 0 Å². The number of carboxylic acid groups (broad SMARTS) is 5. The van der Waals surface area contributed by atoms with Crippen molar-refractivity contribution in [2.45, 2.75) is 19.3 Å².